The summed E-state index contributed by atoms with van der Waals surface area (Å²) in [6.07, 6.45) is 0.235. The first-order valence-electron chi connectivity index (χ1n) is 7.20. The van der Waals surface area contributed by atoms with Crippen LogP contribution >= 0.6 is 0 Å². The van der Waals surface area contributed by atoms with Crippen LogP contribution < -0.4 is 10.1 Å². The van der Waals surface area contributed by atoms with Gasteiger partial charge in [-0.05, 0) is 42.0 Å². The van der Waals surface area contributed by atoms with Gasteiger partial charge in [0.15, 0.2) is 9.84 Å². The third-order valence-electron chi connectivity index (χ3n) is 3.40. The number of amides is 1. The van der Waals surface area contributed by atoms with Crippen LogP contribution in [0.4, 0.5) is 5.69 Å². The minimum Gasteiger partial charge on any atom is -0.497 e. The number of carbonyl (C=O) groups excluding carboxylic acids is 1. The van der Waals surface area contributed by atoms with Gasteiger partial charge in [0, 0.05) is 5.69 Å². The fourth-order valence-electron chi connectivity index (χ4n) is 2.05. The lowest BCUT2D eigenvalue weighted by Crippen LogP contribution is -2.14. The standard InChI is InChI=1S/C17H19NO4S/c1-3-23(20,21)16-10-6-14(7-11-16)18-17(19)12-13-4-8-15(22-2)9-5-13/h4-11H,3,12H2,1-2H3,(H,18,19). The molecule has 0 saturated carbocycles. The van der Waals surface area contributed by atoms with E-state index in [1.54, 1.807) is 38.3 Å². The van der Waals surface area contributed by atoms with Gasteiger partial charge in [-0.15, -0.1) is 0 Å². The molecule has 0 atom stereocenters. The van der Waals surface area contributed by atoms with E-state index < -0.39 is 9.84 Å². The molecule has 0 aliphatic heterocycles. The molecule has 0 unspecified atom stereocenters. The highest BCUT2D eigenvalue weighted by molar-refractivity contribution is 7.91. The summed E-state index contributed by atoms with van der Waals surface area (Å²) in [6, 6.07) is 13.4. The van der Waals surface area contributed by atoms with Gasteiger partial charge in [0.05, 0.1) is 24.2 Å². The van der Waals surface area contributed by atoms with E-state index in [4.69, 9.17) is 4.74 Å². The lowest BCUT2D eigenvalue weighted by molar-refractivity contribution is -0.115. The van der Waals surface area contributed by atoms with Gasteiger partial charge in [-0.25, -0.2) is 8.42 Å². The van der Waals surface area contributed by atoms with Crippen molar-refractivity contribution in [3.63, 3.8) is 0 Å². The predicted molar refractivity (Wildman–Crippen MR) is 89.5 cm³/mol. The topological polar surface area (TPSA) is 72.5 Å². The Kier molecular flexibility index (Phi) is 5.39. The van der Waals surface area contributed by atoms with Crippen molar-refractivity contribution in [2.24, 2.45) is 0 Å². The molecule has 0 saturated heterocycles. The summed E-state index contributed by atoms with van der Waals surface area (Å²) >= 11 is 0. The average Bonchev–Trinajstić information content (AvgIpc) is 2.56. The van der Waals surface area contributed by atoms with Gasteiger partial charge in [-0.1, -0.05) is 19.1 Å². The van der Waals surface area contributed by atoms with E-state index in [1.165, 1.54) is 12.1 Å². The summed E-state index contributed by atoms with van der Waals surface area (Å²) in [6.45, 7) is 1.60. The zero-order valence-corrected chi connectivity index (χ0v) is 13.9. The molecule has 2 aromatic carbocycles. The SMILES string of the molecule is CCS(=O)(=O)c1ccc(NC(=O)Cc2ccc(OC)cc2)cc1. The Morgan fingerprint density at radius 2 is 1.65 bits per heavy atom. The third kappa shape index (κ3) is 4.56. The van der Waals surface area contributed by atoms with Gasteiger partial charge in [-0.3, -0.25) is 4.79 Å². The number of ether oxygens (including phenoxy) is 1. The number of benzene rings is 2. The molecule has 1 N–H and O–H groups in total. The number of nitrogens with one attached hydrogen (secondary N) is 1. The van der Waals surface area contributed by atoms with Crippen LogP contribution in [-0.2, 0) is 21.1 Å². The lowest BCUT2D eigenvalue weighted by atomic mass is 10.1. The summed E-state index contributed by atoms with van der Waals surface area (Å²) < 4.78 is 28.5. The second kappa shape index (κ2) is 7.28. The average molecular weight is 333 g/mol. The maximum Gasteiger partial charge on any atom is 0.228 e. The summed E-state index contributed by atoms with van der Waals surface area (Å²) in [4.78, 5) is 12.3. The van der Waals surface area contributed by atoms with Crippen LogP contribution in [0.5, 0.6) is 5.75 Å². The van der Waals surface area contributed by atoms with Crippen molar-refractivity contribution < 1.29 is 17.9 Å². The summed E-state index contributed by atoms with van der Waals surface area (Å²) in [5, 5.41) is 2.75. The minimum absolute atomic E-state index is 0.0518. The largest absolute Gasteiger partial charge is 0.497 e. The highest BCUT2D eigenvalue weighted by atomic mass is 32.2. The Balaban J connectivity index is 1.99. The zero-order valence-electron chi connectivity index (χ0n) is 13.1. The van der Waals surface area contributed by atoms with Crippen molar-refractivity contribution in [3.05, 3.63) is 54.1 Å². The molecule has 0 radical (unpaired) electrons. The Bertz CT molecular complexity index is 765. The highest BCUT2D eigenvalue weighted by Crippen LogP contribution is 2.16. The van der Waals surface area contributed by atoms with E-state index >= 15 is 0 Å². The smallest absolute Gasteiger partial charge is 0.228 e. The van der Waals surface area contributed by atoms with E-state index in [1.807, 2.05) is 12.1 Å². The monoisotopic (exact) mass is 333 g/mol. The Hall–Kier alpha value is -2.34. The molecule has 1 amide bonds. The third-order valence-corrected chi connectivity index (χ3v) is 5.15. The van der Waals surface area contributed by atoms with Crippen molar-refractivity contribution in [1.82, 2.24) is 0 Å². The molecule has 0 spiro atoms. The normalized spacial score (nSPS) is 11.0. The fraction of sp³-hybridized carbons (Fsp3) is 0.235. The van der Waals surface area contributed by atoms with Gasteiger partial charge < -0.3 is 10.1 Å². The molecule has 0 aromatic heterocycles. The zero-order chi connectivity index (χ0) is 16.9. The summed E-state index contributed by atoms with van der Waals surface area (Å²) in [5.74, 6) is 0.624. The summed E-state index contributed by atoms with van der Waals surface area (Å²) in [5.41, 5.74) is 1.44. The van der Waals surface area contributed by atoms with Crippen LogP contribution in [0.1, 0.15) is 12.5 Å². The Morgan fingerprint density at radius 1 is 1.04 bits per heavy atom. The first-order chi connectivity index (χ1) is 10.9. The minimum atomic E-state index is -3.22. The molecule has 122 valence electrons. The Labute approximate surface area is 136 Å². The highest BCUT2D eigenvalue weighted by Gasteiger charge is 2.11. The second-order valence-corrected chi connectivity index (χ2v) is 7.28. The molecule has 2 rings (SSSR count). The van der Waals surface area contributed by atoms with Gasteiger partial charge >= 0.3 is 0 Å². The van der Waals surface area contributed by atoms with Crippen LogP contribution in [0, 0.1) is 0 Å². The predicted octanol–water partition coefficient (Wildman–Crippen LogP) is 2.67. The van der Waals surface area contributed by atoms with Gasteiger partial charge in [-0.2, -0.15) is 0 Å². The van der Waals surface area contributed by atoms with Crippen molar-refractivity contribution >= 4 is 21.4 Å². The molecular weight excluding hydrogens is 314 g/mol. The quantitative estimate of drug-likeness (QED) is 0.882. The molecule has 2 aromatic rings. The molecule has 0 aliphatic carbocycles. The Morgan fingerprint density at radius 3 is 2.17 bits per heavy atom. The fourth-order valence-corrected chi connectivity index (χ4v) is 2.93. The first kappa shape index (κ1) is 17.0. The van der Waals surface area contributed by atoms with Crippen LogP contribution in [0.2, 0.25) is 0 Å². The van der Waals surface area contributed by atoms with Gasteiger partial charge in [0.25, 0.3) is 0 Å². The van der Waals surface area contributed by atoms with Crippen molar-refractivity contribution in [2.75, 3.05) is 18.2 Å². The van der Waals surface area contributed by atoms with Crippen molar-refractivity contribution in [3.8, 4) is 5.75 Å². The first-order valence-corrected chi connectivity index (χ1v) is 8.85. The molecule has 6 heteroatoms. The van der Waals surface area contributed by atoms with Gasteiger partial charge in [0.2, 0.25) is 5.91 Å². The van der Waals surface area contributed by atoms with Crippen LogP contribution in [-0.4, -0.2) is 27.2 Å². The maximum atomic E-state index is 12.0. The van der Waals surface area contributed by atoms with E-state index in [-0.39, 0.29) is 23.0 Å². The van der Waals surface area contributed by atoms with Crippen molar-refractivity contribution in [2.45, 2.75) is 18.2 Å². The van der Waals surface area contributed by atoms with Crippen LogP contribution in [0.3, 0.4) is 0 Å². The maximum absolute atomic E-state index is 12.0. The number of anilines is 1. The molecular formula is C17H19NO4S. The number of methoxy groups -OCH3 is 1. The molecule has 0 bridgehead atoms. The molecule has 0 aliphatic rings. The number of sulfone groups is 1. The summed E-state index contributed by atoms with van der Waals surface area (Å²) in [7, 11) is -1.64. The van der Waals surface area contributed by atoms with E-state index in [9.17, 15) is 13.2 Å². The lowest BCUT2D eigenvalue weighted by Gasteiger charge is -2.07. The molecule has 23 heavy (non-hydrogen) atoms. The van der Waals surface area contributed by atoms with E-state index in [0.29, 0.717) is 5.69 Å². The van der Waals surface area contributed by atoms with Gasteiger partial charge in [0.1, 0.15) is 5.75 Å². The van der Waals surface area contributed by atoms with E-state index in [0.717, 1.165) is 11.3 Å². The molecule has 0 fully saturated rings. The van der Waals surface area contributed by atoms with Crippen molar-refractivity contribution in [1.29, 1.82) is 0 Å². The second-order valence-electron chi connectivity index (χ2n) is 5.00. The number of hydrogen-bond donors (Lipinski definition) is 1. The molecule has 0 heterocycles. The number of hydrogen-bond acceptors (Lipinski definition) is 4. The number of rotatable bonds is 6. The van der Waals surface area contributed by atoms with E-state index in [2.05, 4.69) is 5.32 Å². The molecule has 5 nitrogen and oxygen atoms in total. The van der Waals surface area contributed by atoms with Crippen LogP contribution in [0.25, 0.3) is 0 Å². The van der Waals surface area contributed by atoms with Crippen LogP contribution in [0.15, 0.2) is 53.4 Å². The number of carbonyl (C=O) groups is 1.